The average Bonchev–Trinajstić information content (AvgIpc) is 2.56. The summed E-state index contributed by atoms with van der Waals surface area (Å²) < 4.78 is 0. The van der Waals surface area contributed by atoms with Crippen LogP contribution in [0.1, 0.15) is 72.1 Å². The molecule has 0 aromatic carbocycles. The second-order valence-corrected chi connectivity index (χ2v) is 8.14. The first-order chi connectivity index (χ1) is 11.1. The minimum absolute atomic E-state index is 0.396. The molecule has 23 heavy (non-hydrogen) atoms. The number of amides is 1. The minimum Gasteiger partial charge on any atom is -0.343 e. The summed E-state index contributed by atoms with van der Waals surface area (Å²) in [6, 6.07) is 0. The molecule has 0 N–H and O–H groups in total. The van der Waals surface area contributed by atoms with Crippen LogP contribution in [0.2, 0.25) is 0 Å². The molecule has 1 amide bonds. The zero-order valence-electron chi connectivity index (χ0n) is 15.7. The van der Waals surface area contributed by atoms with E-state index < -0.39 is 0 Å². The fourth-order valence-corrected chi connectivity index (χ4v) is 4.33. The van der Waals surface area contributed by atoms with Gasteiger partial charge in [-0.1, -0.05) is 33.6 Å². The third-order valence-corrected chi connectivity index (χ3v) is 6.10. The van der Waals surface area contributed by atoms with Gasteiger partial charge in [0.25, 0.3) is 0 Å². The van der Waals surface area contributed by atoms with E-state index in [1.54, 1.807) is 0 Å². The van der Waals surface area contributed by atoms with Crippen molar-refractivity contribution in [3.8, 4) is 0 Å². The van der Waals surface area contributed by atoms with Crippen LogP contribution in [0.3, 0.4) is 0 Å². The van der Waals surface area contributed by atoms with Crippen LogP contribution in [0.5, 0.6) is 0 Å². The van der Waals surface area contributed by atoms with Crippen LogP contribution in [0.15, 0.2) is 0 Å². The molecule has 3 heteroatoms. The van der Waals surface area contributed by atoms with Crippen molar-refractivity contribution in [2.45, 2.75) is 72.1 Å². The second kappa shape index (κ2) is 9.66. The molecule has 2 heterocycles. The summed E-state index contributed by atoms with van der Waals surface area (Å²) in [6.45, 7) is 12.5. The van der Waals surface area contributed by atoms with E-state index in [0.717, 1.165) is 50.2 Å². The van der Waals surface area contributed by atoms with Gasteiger partial charge in [0, 0.05) is 19.5 Å². The number of hydrogen-bond donors (Lipinski definition) is 0. The zero-order chi connectivity index (χ0) is 16.7. The van der Waals surface area contributed by atoms with Crippen molar-refractivity contribution in [2.24, 2.45) is 17.8 Å². The van der Waals surface area contributed by atoms with E-state index in [1.807, 2.05) is 0 Å². The van der Waals surface area contributed by atoms with Crippen molar-refractivity contribution >= 4 is 5.91 Å². The first-order valence-electron chi connectivity index (χ1n) is 10.1. The Kier molecular flexibility index (Phi) is 7.88. The molecule has 0 bridgehead atoms. The Bertz CT molecular complexity index is 340. The van der Waals surface area contributed by atoms with Crippen LogP contribution in [0.25, 0.3) is 0 Å². The molecule has 0 saturated carbocycles. The molecule has 0 spiro atoms. The Morgan fingerprint density at radius 1 is 1.04 bits per heavy atom. The molecular formula is C20H38N2O. The number of piperidine rings is 2. The van der Waals surface area contributed by atoms with E-state index >= 15 is 0 Å². The Morgan fingerprint density at radius 3 is 2.26 bits per heavy atom. The fourth-order valence-electron chi connectivity index (χ4n) is 4.33. The summed E-state index contributed by atoms with van der Waals surface area (Å²) in [5, 5.41) is 0. The topological polar surface area (TPSA) is 23.6 Å². The maximum atomic E-state index is 12.4. The molecule has 0 aliphatic carbocycles. The van der Waals surface area contributed by atoms with Crippen molar-refractivity contribution in [1.29, 1.82) is 0 Å². The first-order valence-corrected chi connectivity index (χ1v) is 10.1. The normalized spacial score (nSPS) is 22.0. The lowest BCUT2D eigenvalue weighted by molar-refractivity contribution is -0.133. The molecule has 0 atom stereocenters. The van der Waals surface area contributed by atoms with Crippen molar-refractivity contribution in [2.75, 3.05) is 32.7 Å². The number of carbonyl (C=O) groups is 1. The Labute approximate surface area is 143 Å². The molecule has 2 saturated heterocycles. The number of rotatable bonds is 7. The van der Waals surface area contributed by atoms with Crippen molar-refractivity contribution < 1.29 is 4.79 Å². The predicted molar refractivity (Wildman–Crippen MR) is 97.4 cm³/mol. The zero-order valence-corrected chi connectivity index (χ0v) is 15.7. The van der Waals surface area contributed by atoms with Gasteiger partial charge in [-0.05, 0) is 69.5 Å². The molecule has 134 valence electrons. The first kappa shape index (κ1) is 18.8. The maximum Gasteiger partial charge on any atom is 0.222 e. The summed E-state index contributed by atoms with van der Waals surface area (Å²) in [6.07, 6.45) is 9.66. The highest BCUT2D eigenvalue weighted by atomic mass is 16.2. The van der Waals surface area contributed by atoms with Gasteiger partial charge in [0.1, 0.15) is 0 Å². The van der Waals surface area contributed by atoms with Crippen LogP contribution in [-0.4, -0.2) is 48.4 Å². The average molecular weight is 323 g/mol. The third-order valence-electron chi connectivity index (χ3n) is 6.10. The van der Waals surface area contributed by atoms with E-state index in [0.29, 0.717) is 5.91 Å². The molecular weight excluding hydrogens is 284 g/mol. The number of likely N-dealkylation sites (tertiary alicyclic amines) is 2. The number of hydrogen-bond acceptors (Lipinski definition) is 2. The summed E-state index contributed by atoms with van der Waals surface area (Å²) in [4.78, 5) is 17.1. The lowest BCUT2D eigenvalue weighted by atomic mass is 9.86. The van der Waals surface area contributed by atoms with Crippen LogP contribution >= 0.6 is 0 Å². The van der Waals surface area contributed by atoms with Crippen LogP contribution in [0, 0.1) is 17.8 Å². The van der Waals surface area contributed by atoms with Crippen LogP contribution in [0.4, 0.5) is 0 Å². The molecule has 2 fully saturated rings. The highest BCUT2D eigenvalue weighted by molar-refractivity contribution is 5.76. The molecule has 2 aliphatic heterocycles. The van der Waals surface area contributed by atoms with Gasteiger partial charge in [-0.2, -0.15) is 0 Å². The molecule has 3 nitrogen and oxygen atoms in total. The predicted octanol–water partition coefficient (Wildman–Crippen LogP) is 4.17. The van der Waals surface area contributed by atoms with E-state index in [9.17, 15) is 4.79 Å². The maximum absolute atomic E-state index is 12.4. The fraction of sp³-hybridized carbons (Fsp3) is 0.950. The lowest BCUT2D eigenvalue weighted by Gasteiger charge is -2.34. The van der Waals surface area contributed by atoms with E-state index in [1.165, 1.54) is 51.6 Å². The molecule has 2 rings (SSSR count). The van der Waals surface area contributed by atoms with Gasteiger partial charge in [-0.25, -0.2) is 0 Å². The van der Waals surface area contributed by atoms with Gasteiger partial charge in [-0.3, -0.25) is 4.79 Å². The summed E-state index contributed by atoms with van der Waals surface area (Å²) in [5.41, 5.74) is 0. The van der Waals surface area contributed by atoms with E-state index in [4.69, 9.17) is 0 Å². The highest BCUT2D eigenvalue weighted by Crippen LogP contribution is 2.25. The van der Waals surface area contributed by atoms with Crippen LogP contribution < -0.4 is 0 Å². The molecule has 0 aromatic heterocycles. The smallest absolute Gasteiger partial charge is 0.222 e. The van der Waals surface area contributed by atoms with Crippen molar-refractivity contribution in [1.82, 2.24) is 9.80 Å². The third kappa shape index (κ3) is 6.10. The van der Waals surface area contributed by atoms with Gasteiger partial charge < -0.3 is 9.80 Å². The molecule has 0 unspecified atom stereocenters. The Morgan fingerprint density at radius 2 is 1.70 bits per heavy atom. The largest absolute Gasteiger partial charge is 0.343 e. The Hall–Kier alpha value is -0.570. The quantitative estimate of drug-likeness (QED) is 0.702. The van der Waals surface area contributed by atoms with Gasteiger partial charge in [0.2, 0.25) is 5.91 Å². The summed E-state index contributed by atoms with van der Waals surface area (Å²) in [7, 11) is 0. The van der Waals surface area contributed by atoms with E-state index in [-0.39, 0.29) is 0 Å². The SMILES string of the molecule is CCCC1CCN(CCCC(=O)N2CCC(C(C)C)CC2)CC1. The number of carbonyl (C=O) groups excluding carboxylic acids is 1. The van der Waals surface area contributed by atoms with E-state index in [2.05, 4.69) is 30.6 Å². The molecule has 2 aliphatic rings. The van der Waals surface area contributed by atoms with Gasteiger partial charge in [-0.15, -0.1) is 0 Å². The molecule has 0 aromatic rings. The standard InChI is InChI=1S/C20H38N2O/c1-4-6-18-8-13-21(14-9-18)12-5-7-20(23)22-15-10-19(11-16-22)17(2)3/h17-19H,4-16H2,1-3H3. The number of nitrogens with zero attached hydrogens (tertiary/aromatic N) is 2. The van der Waals surface area contributed by atoms with Crippen molar-refractivity contribution in [3.63, 3.8) is 0 Å². The second-order valence-electron chi connectivity index (χ2n) is 8.14. The van der Waals surface area contributed by atoms with Crippen molar-refractivity contribution in [3.05, 3.63) is 0 Å². The Balaban J connectivity index is 1.57. The van der Waals surface area contributed by atoms with Gasteiger partial charge >= 0.3 is 0 Å². The highest BCUT2D eigenvalue weighted by Gasteiger charge is 2.24. The summed E-state index contributed by atoms with van der Waals surface area (Å²) in [5.74, 6) is 2.94. The van der Waals surface area contributed by atoms with Gasteiger partial charge in [0.15, 0.2) is 0 Å². The molecule has 0 radical (unpaired) electrons. The monoisotopic (exact) mass is 322 g/mol. The summed E-state index contributed by atoms with van der Waals surface area (Å²) >= 11 is 0. The van der Waals surface area contributed by atoms with Gasteiger partial charge in [0.05, 0.1) is 0 Å². The minimum atomic E-state index is 0.396. The van der Waals surface area contributed by atoms with Crippen LogP contribution in [-0.2, 0) is 4.79 Å². The lowest BCUT2D eigenvalue weighted by Crippen LogP contribution is -2.40.